The maximum absolute atomic E-state index is 10.5. The fourth-order valence-corrected chi connectivity index (χ4v) is 7.82. The van der Waals surface area contributed by atoms with Gasteiger partial charge in [-0.15, -0.1) is 0 Å². The first-order valence-electron chi connectivity index (χ1n) is 20.7. The summed E-state index contributed by atoms with van der Waals surface area (Å²) in [6, 6.07) is 66.0. The van der Waals surface area contributed by atoms with Gasteiger partial charge in [0.2, 0.25) is 0 Å². The number of nitrogens with zero attached hydrogens (tertiary/aromatic N) is 8. The number of hydrogen-bond acceptors (Lipinski definition) is 9. The van der Waals surface area contributed by atoms with Crippen LogP contribution in [0.4, 0.5) is 0 Å². The summed E-state index contributed by atoms with van der Waals surface area (Å²) in [5.74, 6) is 2.46. The van der Waals surface area contributed by atoms with E-state index < -0.39 is 6.17 Å². The minimum absolute atomic E-state index is 0.374. The van der Waals surface area contributed by atoms with Crippen molar-refractivity contribution in [2.24, 2.45) is 9.98 Å². The summed E-state index contributed by atoms with van der Waals surface area (Å²) in [6.07, 6.45) is 3.12. The van der Waals surface area contributed by atoms with Crippen LogP contribution >= 0.6 is 0 Å². The molecule has 7 aromatic carbocycles. The third-order valence-electron chi connectivity index (χ3n) is 11.0. The van der Waals surface area contributed by atoms with Crippen LogP contribution in [0.2, 0.25) is 0 Å². The Bertz CT molecular complexity index is 3320. The van der Waals surface area contributed by atoms with E-state index in [0.717, 1.165) is 55.6 Å². The van der Waals surface area contributed by atoms with Gasteiger partial charge in [-0.1, -0.05) is 146 Å². The van der Waals surface area contributed by atoms with Gasteiger partial charge in [0, 0.05) is 40.2 Å². The maximum Gasteiger partial charge on any atom is 0.165 e. The van der Waals surface area contributed by atoms with E-state index in [1.54, 1.807) is 12.4 Å². The molecule has 9 heteroatoms. The van der Waals surface area contributed by atoms with Crippen LogP contribution < -0.4 is 5.32 Å². The molecule has 3 heterocycles. The molecule has 64 heavy (non-hydrogen) atoms. The molecule has 9 aromatic rings. The lowest BCUT2D eigenvalue weighted by atomic mass is 9.90. The second-order valence-electron chi connectivity index (χ2n) is 15.0. The highest BCUT2D eigenvalue weighted by molar-refractivity contribution is 6.14. The molecule has 0 fully saturated rings. The molecular formula is C55H35N9. The molecule has 1 atom stereocenters. The van der Waals surface area contributed by atoms with E-state index in [2.05, 4.69) is 40.6 Å². The predicted molar refractivity (Wildman–Crippen MR) is 252 cm³/mol. The van der Waals surface area contributed by atoms with E-state index in [1.807, 2.05) is 170 Å². The average Bonchev–Trinajstić information content (AvgIpc) is 3.39. The van der Waals surface area contributed by atoms with Gasteiger partial charge in [-0.25, -0.2) is 24.9 Å². The van der Waals surface area contributed by atoms with Crippen LogP contribution in [-0.4, -0.2) is 31.6 Å². The van der Waals surface area contributed by atoms with Crippen molar-refractivity contribution >= 4 is 11.7 Å². The van der Waals surface area contributed by atoms with Gasteiger partial charge < -0.3 is 5.32 Å². The van der Waals surface area contributed by atoms with Crippen molar-refractivity contribution in [2.45, 2.75) is 6.17 Å². The highest BCUT2D eigenvalue weighted by Gasteiger charge is 2.24. The molecule has 0 saturated heterocycles. The molecule has 2 aromatic heterocycles. The Hall–Kier alpha value is -9.18. The summed E-state index contributed by atoms with van der Waals surface area (Å²) in [6.45, 7) is 0. The predicted octanol–water partition coefficient (Wildman–Crippen LogP) is 11.5. The van der Waals surface area contributed by atoms with Crippen molar-refractivity contribution < 1.29 is 0 Å². The lowest BCUT2D eigenvalue weighted by Gasteiger charge is -2.24. The number of aliphatic imine (C=N–C) groups is 2. The highest BCUT2D eigenvalue weighted by Crippen LogP contribution is 2.37. The lowest BCUT2D eigenvalue weighted by Crippen LogP contribution is -2.33. The second-order valence-corrected chi connectivity index (χ2v) is 15.0. The molecule has 0 saturated carbocycles. The third kappa shape index (κ3) is 7.92. The van der Waals surface area contributed by atoms with Gasteiger partial charge in [-0.05, 0) is 81.4 Å². The molecule has 1 unspecified atom stereocenters. The fourth-order valence-electron chi connectivity index (χ4n) is 7.82. The number of benzene rings is 7. The van der Waals surface area contributed by atoms with Crippen molar-refractivity contribution in [3.63, 3.8) is 0 Å². The number of pyridine rings is 1. The van der Waals surface area contributed by atoms with Crippen LogP contribution in [0.15, 0.2) is 210 Å². The zero-order chi connectivity index (χ0) is 43.2. The van der Waals surface area contributed by atoms with Gasteiger partial charge in [0.15, 0.2) is 23.3 Å². The number of amidine groups is 2. The van der Waals surface area contributed by atoms with E-state index in [-0.39, 0.29) is 0 Å². The molecular weight excluding hydrogens is 787 g/mol. The molecule has 0 amide bonds. The number of nitriles is 2. The number of nitrogens with one attached hydrogen (secondary N) is 1. The van der Waals surface area contributed by atoms with Crippen molar-refractivity contribution in [2.75, 3.05) is 0 Å². The molecule has 0 radical (unpaired) electrons. The summed E-state index contributed by atoms with van der Waals surface area (Å²) >= 11 is 0. The van der Waals surface area contributed by atoms with E-state index >= 15 is 0 Å². The van der Waals surface area contributed by atoms with Crippen molar-refractivity contribution in [3.05, 3.63) is 228 Å². The summed E-state index contributed by atoms with van der Waals surface area (Å²) in [5.41, 5.74) is 11.1. The largest absolute Gasteiger partial charge is 0.344 e. The second kappa shape index (κ2) is 17.4. The van der Waals surface area contributed by atoms with Crippen LogP contribution in [0.3, 0.4) is 0 Å². The van der Waals surface area contributed by atoms with Crippen LogP contribution in [0, 0.1) is 22.7 Å². The third-order valence-corrected chi connectivity index (χ3v) is 11.0. The Kier molecular flexibility index (Phi) is 10.6. The highest BCUT2D eigenvalue weighted by atomic mass is 15.2. The standard InChI is InChI=1S/C55H35N9/c56-34-44-25-23-41(32-48(44)54-61-50(37-13-4-1-5-14-37)59-51(62-54)38-15-6-2-7-16-38)46-21-10-11-22-47(46)42-24-26-45(35-57)49(33-42)55-63-52(39-17-8-3-9-18-39)60-53(64-55)43-20-12-19-40(31-43)36-27-29-58-30-28-36/h1-33,50H,(H,59,61,62). The quantitative estimate of drug-likeness (QED) is 0.153. The number of rotatable bonds is 9. The first kappa shape index (κ1) is 39.0. The topological polar surface area (TPSA) is 136 Å². The van der Waals surface area contributed by atoms with E-state index in [1.165, 1.54) is 0 Å². The Morgan fingerprint density at radius 1 is 0.406 bits per heavy atom. The van der Waals surface area contributed by atoms with Gasteiger partial charge in [-0.3, -0.25) is 4.98 Å². The smallest absolute Gasteiger partial charge is 0.165 e. The van der Waals surface area contributed by atoms with E-state index in [0.29, 0.717) is 51.4 Å². The van der Waals surface area contributed by atoms with Gasteiger partial charge in [-0.2, -0.15) is 10.5 Å². The first-order chi connectivity index (χ1) is 31.6. The molecule has 9 nitrogen and oxygen atoms in total. The summed E-state index contributed by atoms with van der Waals surface area (Å²) in [5, 5.41) is 24.5. The van der Waals surface area contributed by atoms with Crippen LogP contribution in [0.1, 0.15) is 34.0 Å². The minimum atomic E-state index is -0.424. The monoisotopic (exact) mass is 821 g/mol. The Balaban J connectivity index is 1.09. The van der Waals surface area contributed by atoms with Crippen LogP contribution in [0.25, 0.3) is 67.5 Å². The lowest BCUT2D eigenvalue weighted by molar-refractivity contribution is 0.674. The fraction of sp³-hybridized carbons (Fsp3) is 0.0182. The SMILES string of the molecule is N#Cc1ccc(-c2ccccc2-c2ccc(C#N)c(-c3nc(-c4ccccc4)nc(-c4cccc(-c5ccncc5)c4)n3)c2)cc1C1=NC(c2ccccc2)NC(c2ccccc2)=N1. The number of hydrogen-bond donors (Lipinski definition) is 1. The zero-order valence-corrected chi connectivity index (χ0v) is 34.2. The summed E-state index contributed by atoms with van der Waals surface area (Å²) in [4.78, 5) is 29.3. The molecule has 0 bridgehead atoms. The van der Waals surface area contributed by atoms with Gasteiger partial charge in [0.25, 0.3) is 0 Å². The summed E-state index contributed by atoms with van der Waals surface area (Å²) in [7, 11) is 0. The van der Waals surface area contributed by atoms with Gasteiger partial charge in [0.05, 0.1) is 23.3 Å². The number of aromatic nitrogens is 4. The maximum atomic E-state index is 10.5. The summed E-state index contributed by atoms with van der Waals surface area (Å²) < 4.78 is 0. The van der Waals surface area contributed by atoms with Gasteiger partial charge in [0.1, 0.15) is 12.0 Å². The molecule has 300 valence electrons. The Labute approximate surface area is 370 Å². The van der Waals surface area contributed by atoms with Crippen molar-refractivity contribution in [3.8, 4) is 79.7 Å². The Morgan fingerprint density at radius 3 is 1.59 bits per heavy atom. The van der Waals surface area contributed by atoms with E-state index in [9.17, 15) is 10.5 Å². The molecule has 10 rings (SSSR count). The molecule has 0 aliphatic carbocycles. The van der Waals surface area contributed by atoms with Crippen molar-refractivity contribution in [1.82, 2.24) is 25.3 Å². The van der Waals surface area contributed by atoms with Gasteiger partial charge >= 0.3 is 0 Å². The Morgan fingerprint density at radius 2 is 0.938 bits per heavy atom. The van der Waals surface area contributed by atoms with Crippen LogP contribution in [0.5, 0.6) is 0 Å². The molecule has 1 N–H and O–H groups in total. The molecule has 0 spiro atoms. The molecule has 1 aliphatic heterocycles. The van der Waals surface area contributed by atoms with Crippen LogP contribution in [-0.2, 0) is 0 Å². The normalized spacial score (nSPS) is 13.1. The molecule has 1 aliphatic rings. The average molecular weight is 822 g/mol. The minimum Gasteiger partial charge on any atom is -0.344 e. The zero-order valence-electron chi connectivity index (χ0n) is 34.2. The van der Waals surface area contributed by atoms with Crippen molar-refractivity contribution in [1.29, 1.82) is 10.5 Å². The first-order valence-corrected chi connectivity index (χ1v) is 20.7. The van der Waals surface area contributed by atoms with E-state index in [4.69, 9.17) is 24.9 Å².